The van der Waals surface area contributed by atoms with Crippen molar-refractivity contribution in [2.45, 2.75) is 20.5 Å². The predicted octanol–water partition coefficient (Wildman–Crippen LogP) is 3.70. The first kappa shape index (κ1) is 14.1. The van der Waals surface area contributed by atoms with E-state index in [0.29, 0.717) is 23.7 Å². The minimum atomic E-state index is 0.445. The van der Waals surface area contributed by atoms with Crippen LogP contribution in [-0.4, -0.2) is 13.4 Å². The van der Waals surface area contributed by atoms with Gasteiger partial charge in [0.2, 0.25) is 0 Å². The molecule has 2 rings (SSSR count). The van der Waals surface area contributed by atoms with Gasteiger partial charge >= 0.3 is 0 Å². The van der Waals surface area contributed by atoms with Crippen molar-refractivity contribution in [3.63, 3.8) is 0 Å². The fraction of sp³-hybridized carbons (Fsp3) is 0.235. The second kappa shape index (κ2) is 6.24. The van der Waals surface area contributed by atoms with Gasteiger partial charge in [0, 0.05) is 0 Å². The SMILES string of the molecule is COc1ccc(OCc2cc(C)ccc2C)c(C=O)c1. The number of ether oxygens (including phenoxy) is 2. The average Bonchev–Trinajstić information content (AvgIpc) is 2.48. The van der Waals surface area contributed by atoms with Gasteiger partial charge in [-0.2, -0.15) is 0 Å². The van der Waals surface area contributed by atoms with Crippen LogP contribution in [-0.2, 0) is 6.61 Å². The molecule has 104 valence electrons. The zero-order chi connectivity index (χ0) is 14.5. The van der Waals surface area contributed by atoms with Gasteiger partial charge < -0.3 is 9.47 Å². The van der Waals surface area contributed by atoms with Crippen molar-refractivity contribution in [2.75, 3.05) is 7.11 Å². The Morgan fingerprint density at radius 1 is 1.10 bits per heavy atom. The predicted molar refractivity (Wildman–Crippen MR) is 78.6 cm³/mol. The van der Waals surface area contributed by atoms with Crippen LogP contribution in [0.2, 0.25) is 0 Å². The normalized spacial score (nSPS) is 10.2. The second-order valence-corrected chi connectivity index (χ2v) is 4.74. The van der Waals surface area contributed by atoms with E-state index in [0.717, 1.165) is 11.8 Å². The molecule has 0 atom stereocenters. The molecule has 0 aliphatic rings. The van der Waals surface area contributed by atoms with E-state index < -0.39 is 0 Å². The van der Waals surface area contributed by atoms with Crippen molar-refractivity contribution in [1.29, 1.82) is 0 Å². The summed E-state index contributed by atoms with van der Waals surface area (Å²) in [6.45, 7) is 4.54. The van der Waals surface area contributed by atoms with Crippen LogP contribution in [0.25, 0.3) is 0 Å². The number of aldehydes is 1. The number of hydrogen-bond donors (Lipinski definition) is 0. The van der Waals surface area contributed by atoms with E-state index in [9.17, 15) is 4.79 Å². The molecule has 2 aromatic carbocycles. The topological polar surface area (TPSA) is 35.5 Å². The standard InChI is InChI=1S/C17H18O3/c1-12-4-5-13(2)15(8-12)11-20-17-7-6-16(19-3)9-14(17)10-18/h4-10H,11H2,1-3H3. The van der Waals surface area contributed by atoms with Gasteiger partial charge in [-0.3, -0.25) is 4.79 Å². The van der Waals surface area contributed by atoms with E-state index in [1.54, 1.807) is 25.3 Å². The summed E-state index contributed by atoms with van der Waals surface area (Å²) in [5.41, 5.74) is 3.99. The first-order valence-corrected chi connectivity index (χ1v) is 6.46. The molecule has 0 aromatic heterocycles. The molecule has 0 amide bonds. The summed E-state index contributed by atoms with van der Waals surface area (Å²) in [6, 6.07) is 11.5. The van der Waals surface area contributed by atoms with Gasteiger partial charge in [-0.15, -0.1) is 0 Å². The van der Waals surface area contributed by atoms with Crippen LogP contribution < -0.4 is 9.47 Å². The van der Waals surface area contributed by atoms with E-state index >= 15 is 0 Å². The molecule has 3 nitrogen and oxygen atoms in total. The molecule has 0 spiro atoms. The van der Waals surface area contributed by atoms with Gasteiger partial charge in [0.25, 0.3) is 0 Å². The Bertz CT molecular complexity index is 618. The van der Waals surface area contributed by atoms with Crippen LogP contribution in [0.5, 0.6) is 11.5 Å². The number of carbonyl (C=O) groups excluding carboxylic acids is 1. The second-order valence-electron chi connectivity index (χ2n) is 4.74. The Hall–Kier alpha value is -2.29. The number of methoxy groups -OCH3 is 1. The molecule has 0 saturated carbocycles. The maximum atomic E-state index is 11.1. The Balaban J connectivity index is 2.18. The Kier molecular flexibility index (Phi) is 4.41. The van der Waals surface area contributed by atoms with Crippen LogP contribution in [0.15, 0.2) is 36.4 Å². The van der Waals surface area contributed by atoms with E-state index in [4.69, 9.17) is 9.47 Å². The number of hydrogen-bond acceptors (Lipinski definition) is 3. The molecule has 0 aliphatic carbocycles. The molecule has 0 unspecified atom stereocenters. The maximum absolute atomic E-state index is 11.1. The zero-order valence-corrected chi connectivity index (χ0v) is 12.0. The van der Waals surface area contributed by atoms with Gasteiger partial charge in [0.15, 0.2) is 6.29 Å². The van der Waals surface area contributed by atoms with Crippen LogP contribution in [0.1, 0.15) is 27.0 Å². The minimum Gasteiger partial charge on any atom is -0.497 e. The average molecular weight is 270 g/mol. The Morgan fingerprint density at radius 2 is 1.90 bits per heavy atom. The summed E-state index contributed by atoms with van der Waals surface area (Å²) < 4.78 is 10.9. The monoisotopic (exact) mass is 270 g/mol. The van der Waals surface area contributed by atoms with Gasteiger partial charge in [-0.1, -0.05) is 23.8 Å². The van der Waals surface area contributed by atoms with Crippen LogP contribution in [0, 0.1) is 13.8 Å². The highest BCUT2D eigenvalue weighted by atomic mass is 16.5. The summed E-state index contributed by atoms with van der Waals surface area (Å²) >= 11 is 0. The fourth-order valence-corrected chi connectivity index (χ4v) is 1.99. The van der Waals surface area contributed by atoms with E-state index in [2.05, 4.69) is 18.2 Å². The lowest BCUT2D eigenvalue weighted by Crippen LogP contribution is -2.01. The molecule has 0 saturated heterocycles. The largest absolute Gasteiger partial charge is 0.497 e. The van der Waals surface area contributed by atoms with Crippen molar-refractivity contribution < 1.29 is 14.3 Å². The third-order valence-corrected chi connectivity index (χ3v) is 3.23. The zero-order valence-electron chi connectivity index (χ0n) is 12.0. The molecule has 0 N–H and O–H groups in total. The highest BCUT2D eigenvalue weighted by molar-refractivity contribution is 5.80. The quantitative estimate of drug-likeness (QED) is 0.777. The minimum absolute atomic E-state index is 0.445. The first-order chi connectivity index (χ1) is 9.63. The van der Waals surface area contributed by atoms with Gasteiger partial charge in [-0.05, 0) is 43.2 Å². The van der Waals surface area contributed by atoms with Crippen molar-refractivity contribution in [3.05, 3.63) is 58.7 Å². The molecule has 0 radical (unpaired) electrons. The Labute approximate surface area is 119 Å². The highest BCUT2D eigenvalue weighted by Crippen LogP contribution is 2.24. The first-order valence-electron chi connectivity index (χ1n) is 6.46. The smallest absolute Gasteiger partial charge is 0.153 e. The number of benzene rings is 2. The number of aryl methyl sites for hydroxylation is 2. The maximum Gasteiger partial charge on any atom is 0.153 e. The summed E-state index contributed by atoms with van der Waals surface area (Å²) in [6.07, 6.45) is 0.779. The van der Waals surface area contributed by atoms with Crippen molar-refractivity contribution in [3.8, 4) is 11.5 Å². The molecular formula is C17H18O3. The van der Waals surface area contributed by atoms with Crippen LogP contribution in [0.4, 0.5) is 0 Å². The van der Waals surface area contributed by atoms with Crippen LogP contribution >= 0.6 is 0 Å². The van der Waals surface area contributed by atoms with E-state index in [-0.39, 0.29) is 0 Å². The fourth-order valence-electron chi connectivity index (χ4n) is 1.99. The van der Waals surface area contributed by atoms with Gasteiger partial charge in [0.1, 0.15) is 18.1 Å². The molecule has 0 heterocycles. The summed E-state index contributed by atoms with van der Waals surface area (Å²) in [5, 5.41) is 0. The van der Waals surface area contributed by atoms with E-state index in [1.165, 1.54) is 11.1 Å². The number of carbonyl (C=O) groups is 1. The molecule has 2 aromatic rings. The van der Waals surface area contributed by atoms with Crippen molar-refractivity contribution in [1.82, 2.24) is 0 Å². The number of rotatable bonds is 5. The lowest BCUT2D eigenvalue weighted by Gasteiger charge is -2.12. The Morgan fingerprint density at radius 3 is 2.60 bits per heavy atom. The molecule has 0 bridgehead atoms. The summed E-state index contributed by atoms with van der Waals surface area (Å²) in [7, 11) is 1.57. The third-order valence-electron chi connectivity index (χ3n) is 3.23. The van der Waals surface area contributed by atoms with Crippen molar-refractivity contribution >= 4 is 6.29 Å². The summed E-state index contributed by atoms with van der Waals surface area (Å²) in [5.74, 6) is 1.22. The lowest BCUT2D eigenvalue weighted by molar-refractivity contribution is 0.111. The summed E-state index contributed by atoms with van der Waals surface area (Å²) in [4.78, 5) is 11.1. The molecule has 3 heteroatoms. The molecule has 0 fully saturated rings. The molecule has 0 aliphatic heterocycles. The van der Waals surface area contributed by atoms with Crippen molar-refractivity contribution in [2.24, 2.45) is 0 Å². The molecule has 20 heavy (non-hydrogen) atoms. The van der Waals surface area contributed by atoms with Gasteiger partial charge in [-0.25, -0.2) is 0 Å². The highest BCUT2D eigenvalue weighted by Gasteiger charge is 2.06. The third kappa shape index (κ3) is 3.18. The van der Waals surface area contributed by atoms with E-state index in [1.807, 2.05) is 13.8 Å². The van der Waals surface area contributed by atoms with Gasteiger partial charge in [0.05, 0.1) is 12.7 Å². The molecular weight excluding hydrogens is 252 g/mol. The van der Waals surface area contributed by atoms with Crippen LogP contribution in [0.3, 0.4) is 0 Å². The lowest BCUT2D eigenvalue weighted by atomic mass is 10.1.